The average Bonchev–Trinajstić information content (AvgIpc) is 3.86. The second-order valence-corrected chi connectivity index (χ2v) is 13.9. The van der Waals surface area contributed by atoms with Gasteiger partial charge in [0.25, 0.3) is 17.7 Å². The summed E-state index contributed by atoms with van der Waals surface area (Å²) in [6.07, 6.45) is 2.50. The monoisotopic (exact) mass is 722 g/mol. The molecule has 3 amide bonds. The molecule has 3 N–H and O–H groups in total. The van der Waals surface area contributed by atoms with Crippen LogP contribution in [-0.2, 0) is 17.7 Å². The van der Waals surface area contributed by atoms with E-state index in [2.05, 4.69) is 26.0 Å². The van der Waals surface area contributed by atoms with E-state index in [-0.39, 0.29) is 42.0 Å². The molecule has 52 heavy (non-hydrogen) atoms. The van der Waals surface area contributed by atoms with Gasteiger partial charge in [-0.25, -0.2) is 14.3 Å². The Labute approximate surface area is 303 Å². The molecule has 0 fully saturated rings. The number of benzene rings is 3. The van der Waals surface area contributed by atoms with Gasteiger partial charge in [0.15, 0.2) is 17.1 Å². The first-order valence-electron chi connectivity index (χ1n) is 16.6. The van der Waals surface area contributed by atoms with Crippen LogP contribution in [0.15, 0.2) is 66.9 Å². The van der Waals surface area contributed by atoms with Crippen molar-refractivity contribution in [2.24, 2.45) is 0 Å². The summed E-state index contributed by atoms with van der Waals surface area (Å²) in [7, 11) is 0. The number of carbonyl (C=O) groups excluding carboxylic acids is 4. The van der Waals surface area contributed by atoms with Gasteiger partial charge in [0.1, 0.15) is 22.6 Å². The molecule has 0 bridgehead atoms. The Morgan fingerprint density at radius 3 is 2.54 bits per heavy atom. The van der Waals surface area contributed by atoms with E-state index in [0.717, 1.165) is 22.3 Å². The number of ether oxygens (including phenoxy) is 3. The predicted molar refractivity (Wildman–Crippen MR) is 191 cm³/mol. The van der Waals surface area contributed by atoms with E-state index in [1.54, 1.807) is 48.5 Å². The van der Waals surface area contributed by atoms with Crippen molar-refractivity contribution < 1.29 is 33.4 Å². The molecule has 1 atom stereocenters. The molecule has 0 saturated carbocycles. The van der Waals surface area contributed by atoms with Crippen molar-refractivity contribution >= 4 is 46.6 Å². The lowest BCUT2D eigenvalue weighted by Gasteiger charge is -2.21. The quantitative estimate of drug-likeness (QED) is 0.164. The fourth-order valence-electron chi connectivity index (χ4n) is 6.29. The second kappa shape index (κ2) is 13.6. The lowest BCUT2D eigenvalue weighted by molar-refractivity contribution is 0.00682. The predicted octanol–water partition coefficient (Wildman–Crippen LogP) is 5.97. The Morgan fingerprint density at radius 2 is 1.75 bits per heavy atom. The SMILES string of the molecule is Cc1c(C(=O)OC(C)(C)C)ccc2c1CC[C@@H]2NC(=O)c1cc(C(=O)NCc2ccc3c(c2)OCO3)nc2c(C(=O)Nc3ccccc3Cl)cnn12. The Balaban J connectivity index is 1.19. The highest BCUT2D eigenvalue weighted by Gasteiger charge is 2.31. The maximum absolute atomic E-state index is 14.1. The highest BCUT2D eigenvalue weighted by atomic mass is 35.5. The summed E-state index contributed by atoms with van der Waals surface area (Å²) in [5.41, 5.74) is 3.52. The van der Waals surface area contributed by atoms with Gasteiger partial charge in [-0.2, -0.15) is 5.10 Å². The van der Waals surface area contributed by atoms with Crippen LogP contribution in [0, 0.1) is 6.92 Å². The molecule has 2 aliphatic rings. The molecule has 3 aromatic carbocycles. The molecule has 5 aromatic rings. The van der Waals surface area contributed by atoms with Gasteiger partial charge in [0.2, 0.25) is 6.79 Å². The van der Waals surface area contributed by atoms with Crippen LogP contribution in [0.2, 0.25) is 5.02 Å². The molecule has 0 unspecified atom stereocenters. The largest absolute Gasteiger partial charge is 0.456 e. The highest BCUT2D eigenvalue weighted by Crippen LogP contribution is 2.36. The molecule has 1 aliphatic heterocycles. The van der Waals surface area contributed by atoms with Crippen LogP contribution in [0.25, 0.3) is 5.65 Å². The molecular weight excluding hydrogens is 688 g/mol. The van der Waals surface area contributed by atoms with Crippen LogP contribution in [0.3, 0.4) is 0 Å². The van der Waals surface area contributed by atoms with Gasteiger partial charge in [-0.15, -0.1) is 0 Å². The number of aromatic nitrogens is 3. The molecule has 2 aromatic heterocycles. The summed E-state index contributed by atoms with van der Waals surface area (Å²) < 4.78 is 17.7. The van der Waals surface area contributed by atoms with Crippen molar-refractivity contribution in [3.05, 3.63) is 117 Å². The Kier molecular flexibility index (Phi) is 9.05. The number of hydrogen-bond donors (Lipinski definition) is 3. The van der Waals surface area contributed by atoms with Crippen molar-refractivity contribution in [2.45, 2.75) is 58.7 Å². The van der Waals surface area contributed by atoms with E-state index in [1.165, 1.54) is 16.8 Å². The number of para-hydroxylation sites is 1. The maximum atomic E-state index is 14.1. The molecule has 0 radical (unpaired) electrons. The van der Waals surface area contributed by atoms with E-state index in [1.807, 2.05) is 33.8 Å². The number of anilines is 1. The smallest absolute Gasteiger partial charge is 0.338 e. The summed E-state index contributed by atoms with van der Waals surface area (Å²) in [4.78, 5) is 58.5. The van der Waals surface area contributed by atoms with Crippen LogP contribution < -0.4 is 25.4 Å². The Morgan fingerprint density at radius 1 is 0.962 bits per heavy atom. The number of amides is 3. The van der Waals surface area contributed by atoms with Crippen LogP contribution in [0.1, 0.15) is 97.2 Å². The highest BCUT2D eigenvalue weighted by molar-refractivity contribution is 6.34. The molecule has 13 nitrogen and oxygen atoms in total. The number of halogens is 1. The molecule has 14 heteroatoms. The third-order valence-corrected chi connectivity index (χ3v) is 9.14. The Bertz CT molecular complexity index is 2280. The van der Waals surface area contributed by atoms with Crippen molar-refractivity contribution in [1.82, 2.24) is 25.2 Å². The van der Waals surface area contributed by atoms with E-state index < -0.39 is 29.3 Å². The van der Waals surface area contributed by atoms with E-state index in [9.17, 15) is 19.2 Å². The first-order chi connectivity index (χ1) is 24.9. The second-order valence-electron chi connectivity index (χ2n) is 13.5. The summed E-state index contributed by atoms with van der Waals surface area (Å²) in [5, 5.41) is 13.3. The zero-order valence-electron chi connectivity index (χ0n) is 28.8. The third-order valence-electron chi connectivity index (χ3n) is 8.81. The van der Waals surface area contributed by atoms with Gasteiger partial charge in [-0.3, -0.25) is 14.4 Å². The van der Waals surface area contributed by atoms with E-state index >= 15 is 0 Å². The first kappa shape index (κ1) is 34.5. The van der Waals surface area contributed by atoms with Crippen LogP contribution >= 0.6 is 11.6 Å². The summed E-state index contributed by atoms with van der Waals surface area (Å²) in [6.45, 7) is 7.58. The van der Waals surface area contributed by atoms with Crippen molar-refractivity contribution in [1.29, 1.82) is 0 Å². The van der Waals surface area contributed by atoms with Crippen LogP contribution in [-0.4, -0.2) is 50.7 Å². The van der Waals surface area contributed by atoms with Gasteiger partial charge in [0.05, 0.1) is 28.5 Å². The molecule has 0 saturated heterocycles. The topological polar surface area (TPSA) is 162 Å². The minimum atomic E-state index is -0.641. The summed E-state index contributed by atoms with van der Waals surface area (Å²) in [5.74, 6) is -0.916. The standard InChI is InChI=1S/C38H35ClN6O7/c1-20-22-12-13-27(24(22)11-10-23(20)37(49)52-38(2,3)4)43-36(48)30-16-29(35(47)40-17-21-9-14-31-32(15-21)51-19-50-31)42-33-25(18-41-45(30)33)34(46)44-28-8-6-5-7-26(28)39/h5-11,14-16,18,27H,12-13,17,19H2,1-4H3,(H,40,47)(H,43,48)(H,44,46)/t27-/m0/s1. The van der Waals surface area contributed by atoms with E-state index in [0.29, 0.717) is 40.6 Å². The first-order valence-corrected chi connectivity index (χ1v) is 17.0. The summed E-state index contributed by atoms with van der Waals surface area (Å²) in [6, 6.07) is 16.6. The molecule has 0 spiro atoms. The minimum absolute atomic E-state index is 0.00454. The lowest BCUT2D eigenvalue weighted by Crippen LogP contribution is -2.31. The molecule has 1 aliphatic carbocycles. The number of nitrogens with zero attached hydrogens (tertiary/aromatic N) is 3. The Hall–Kier alpha value is -5.95. The van der Waals surface area contributed by atoms with Gasteiger partial charge in [-0.1, -0.05) is 35.9 Å². The molecule has 266 valence electrons. The zero-order valence-corrected chi connectivity index (χ0v) is 29.6. The zero-order chi connectivity index (χ0) is 36.7. The van der Waals surface area contributed by atoms with Gasteiger partial charge in [0, 0.05) is 12.6 Å². The van der Waals surface area contributed by atoms with Gasteiger partial charge >= 0.3 is 5.97 Å². The molecular formula is C38H35ClN6O7. The third kappa shape index (κ3) is 6.87. The maximum Gasteiger partial charge on any atom is 0.338 e. The van der Waals surface area contributed by atoms with Gasteiger partial charge in [-0.05, 0) is 93.1 Å². The normalized spacial score (nSPS) is 14.5. The number of fused-ring (bicyclic) bond motifs is 3. The fraction of sp³-hybridized carbons (Fsp3) is 0.263. The summed E-state index contributed by atoms with van der Waals surface area (Å²) >= 11 is 6.28. The molecule has 3 heterocycles. The number of hydrogen-bond acceptors (Lipinski definition) is 9. The van der Waals surface area contributed by atoms with Crippen molar-refractivity contribution in [2.75, 3.05) is 12.1 Å². The number of rotatable bonds is 8. The molecule has 7 rings (SSSR count). The average molecular weight is 723 g/mol. The van der Waals surface area contributed by atoms with Crippen molar-refractivity contribution in [3.63, 3.8) is 0 Å². The number of nitrogens with one attached hydrogen (secondary N) is 3. The lowest BCUT2D eigenvalue weighted by atomic mass is 9.97. The number of esters is 1. The van der Waals surface area contributed by atoms with E-state index in [4.69, 9.17) is 25.8 Å². The fourth-order valence-corrected chi connectivity index (χ4v) is 6.48. The van der Waals surface area contributed by atoms with Crippen LogP contribution in [0.5, 0.6) is 11.5 Å². The van der Waals surface area contributed by atoms with Crippen LogP contribution in [0.4, 0.5) is 5.69 Å². The number of carbonyl (C=O) groups is 4. The van der Waals surface area contributed by atoms with Gasteiger partial charge < -0.3 is 30.2 Å². The van der Waals surface area contributed by atoms with Crippen molar-refractivity contribution in [3.8, 4) is 11.5 Å². The minimum Gasteiger partial charge on any atom is -0.456 e.